The Bertz CT molecular complexity index is 392. The Labute approximate surface area is 122 Å². The fourth-order valence-electron chi connectivity index (χ4n) is 2.43. The van der Waals surface area contributed by atoms with Gasteiger partial charge in [-0.15, -0.1) is 0 Å². The van der Waals surface area contributed by atoms with Crippen molar-refractivity contribution >= 4 is 15.9 Å². The maximum atomic E-state index is 11.6. The molecule has 0 spiro atoms. The van der Waals surface area contributed by atoms with Crippen LogP contribution in [0.4, 0.5) is 0 Å². The van der Waals surface area contributed by atoms with Gasteiger partial charge in [0.05, 0.1) is 6.26 Å². The summed E-state index contributed by atoms with van der Waals surface area (Å²) in [4.78, 5) is 11.6. The van der Waals surface area contributed by atoms with Crippen molar-refractivity contribution in [3.63, 3.8) is 0 Å². The first-order valence-electron chi connectivity index (χ1n) is 7.36. The highest BCUT2D eigenvalue weighted by atomic mass is 32.2. The molecule has 2 N–H and O–H groups in total. The average Bonchev–Trinajstić information content (AvgIpc) is 2.87. The van der Waals surface area contributed by atoms with Crippen LogP contribution in [-0.4, -0.2) is 57.6 Å². The highest BCUT2D eigenvalue weighted by molar-refractivity contribution is 7.88. The number of nitrogens with zero attached hydrogens (tertiary/aromatic N) is 1. The second kappa shape index (κ2) is 8.59. The molecule has 1 amide bonds. The first kappa shape index (κ1) is 17.4. The van der Waals surface area contributed by atoms with Crippen LogP contribution in [0.2, 0.25) is 0 Å². The monoisotopic (exact) mass is 305 g/mol. The predicted octanol–water partition coefficient (Wildman–Crippen LogP) is 0.164. The Morgan fingerprint density at radius 1 is 1.45 bits per heavy atom. The van der Waals surface area contributed by atoms with Gasteiger partial charge >= 0.3 is 0 Å². The van der Waals surface area contributed by atoms with Crippen molar-refractivity contribution in [2.24, 2.45) is 5.92 Å². The Balaban J connectivity index is 2.09. The van der Waals surface area contributed by atoms with E-state index in [4.69, 9.17) is 0 Å². The summed E-state index contributed by atoms with van der Waals surface area (Å²) < 4.78 is 24.2. The number of rotatable bonds is 9. The lowest BCUT2D eigenvalue weighted by molar-refractivity contribution is -0.121. The van der Waals surface area contributed by atoms with E-state index in [9.17, 15) is 13.2 Å². The van der Waals surface area contributed by atoms with Gasteiger partial charge in [0, 0.05) is 26.1 Å². The number of sulfonamides is 1. The van der Waals surface area contributed by atoms with E-state index in [0.717, 1.165) is 25.9 Å². The van der Waals surface area contributed by atoms with Gasteiger partial charge in [0.2, 0.25) is 15.9 Å². The molecule has 0 saturated carbocycles. The van der Waals surface area contributed by atoms with Crippen LogP contribution >= 0.6 is 0 Å². The molecule has 0 radical (unpaired) electrons. The molecule has 0 aliphatic carbocycles. The van der Waals surface area contributed by atoms with Crippen molar-refractivity contribution in [3.05, 3.63) is 0 Å². The molecule has 6 nitrogen and oxygen atoms in total. The van der Waals surface area contributed by atoms with Crippen LogP contribution in [0.3, 0.4) is 0 Å². The van der Waals surface area contributed by atoms with Gasteiger partial charge in [-0.3, -0.25) is 4.79 Å². The van der Waals surface area contributed by atoms with Crippen LogP contribution in [0, 0.1) is 5.92 Å². The summed E-state index contributed by atoms with van der Waals surface area (Å²) in [6, 6.07) is 0. The molecule has 20 heavy (non-hydrogen) atoms. The normalized spacial score (nSPS) is 19.4. The minimum absolute atomic E-state index is 0.0688. The zero-order valence-electron chi connectivity index (χ0n) is 12.5. The minimum atomic E-state index is -3.12. The van der Waals surface area contributed by atoms with E-state index in [1.165, 1.54) is 10.6 Å². The largest absolute Gasteiger partial charge is 0.356 e. The van der Waals surface area contributed by atoms with E-state index in [-0.39, 0.29) is 5.91 Å². The van der Waals surface area contributed by atoms with Crippen molar-refractivity contribution in [1.29, 1.82) is 0 Å². The molecule has 1 atom stereocenters. The minimum Gasteiger partial charge on any atom is -0.356 e. The summed E-state index contributed by atoms with van der Waals surface area (Å²) in [5, 5.41) is 6.14. The van der Waals surface area contributed by atoms with Gasteiger partial charge in [0.1, 0.15) is 0 Å². The molecule has 0 aromatic heterocycles. The molecule has 1 aliphatic heterocycles. The SMILES string of the molecule is CCN(CCCNC(=O)CCC1CCNC1)S(C)(=O)=O. The van der Waals surface area contributed by atoms with Crippen LogP contribution < -0.4 is 10.6 Å². The number of hydrogen-bond donors (Lipinski definition) is 2. The Morgan fingerprint density at radius 2 is 2.20 bits per heavy atom. The molecular weight excluding hydrogens is 278 g/mol. The summed E-state index contributed by atoms with van der Waals surface area (Å²) in [6.45, 7) is 5.37. The zero-order valence-corrected chi connectivity index (χ0v) is 13.3. The molecule has 7 heteroatoms. The Hall–Kier alpha value is -0.660. The van der Waals surface area contributed by atoms with E-state index >= 15 is 0 Å². The van der Waals surface area contributed by atoms with E-state index in [2.05, 4.69) is 10.6 Å². The van der Waals surface area contributed by atoms with Crippen LogP contribution in [-0.2, 0) is 14.8 Å². The van der Waals surface area contributed by atoms with Gasteiger partial charge in [-0.1, -0.05) is 6.92 Å². The summed E-state index contributed by atoms with van der Waals surface area (Å²) >= 11 is 0. The van der Waals surface area contributed by atoms with Gasteiger partial charge in [0.25, 0.3) is 0 Å². The second-order valence-electron chi connectivity index (χ2n) is 5.36. The number of carbonyl (C=O) groups excluding carboxylic acids is 1. The van der Waals surface area contributed by atoms with Crippen molar-refractivity contribution in [2.45, 2.75) is 32.6 Å². The highest BCUT2D eigenvalue weighted by Crippen LogP contribution is 2.13. The second-order valence-corrected chi connectivity index (χ2v) is 7.34. The smallest absolute Gasteiger partial charge is 0.220 e. The van der Waals surface area contributed by atoms with Crippen molar-refractivity contribution in [3.8, 4) is 0 Å². The van der Waals surface area contributed by atoms with Gasteiger partial charge in [-0.05, 0) is 38.3 Å². The van der Waals surface area contributed by atoms with Crippen molar-refractivity contribution < 1.29 is 13.2 Å². The van der Waals surface area contributed by atoms with E-state index in [0.29, 0.717) is 38.4 Å². The quantitative estimate of drug-likeness (QED) is 0.595. The third kappa shape index (κ3) is 6.67. The molecule has 1 rings (SSSR count). The van der Waals surface area contributed by atoms with Crippen LogP contribution in [0.5, 0.6) is 0 Å². The molecule has 0 bridgehead atoms. The first-order chi connectivity index (χ1) is 9.43. The van der Waals surface area contributed by atoms with E-state index in [1.54, 1.807) is 0 Å². The molecule has 0 aromatic carbocycles. The summed E-state index contributed by atoms with van der Waals surface area (Å²) in [6.07, 6.45) is 4.52. The molecule has 0 aromatic rings. The van der Waals surface area contributed by atoms with E-state index < -0.39 is 10.0 Å². The first-order valence-corrected chi connectivity index (χ1v) is 9.21. The summed E-state index contributed by atoms with van der Waals surface area (Å²) in [5.41, 5.74) is 0. The Kier molecular flexibility index (Phi) is 7.47. The topological polar surface area (TPSA) is 78.5 Å². The van der Waals surface area contributed by atoms with Gasteiger partial charge < -0.3 is 10.6 Å². The molecule has 1 unspecified atom stereocenters. The average molecular weight is 305 g/mol. The van der Waals surface area contributed by atoms with Crippen LogP contribution in [0.1, 0.15) is 32.6 Å². The molecule has 1 fully saturated rings. The maximum absolute atomic E-state index is 11.6. The van der Waals surface area contributed by atoms with Gasteiger partial charge in [0.15, 0.2) is 0 Å². The molecule has 1 aliphatic rings. The lowest BCUT2D eigenvalue weighted by Crippen LogP contribution is -2.33. The standard InChI is InChI=1S/C13H27N3O3S/c1-3-16(20(2,18)19)10-4-8-15-13(17)6-5-12-7-9-14-11-12/h12,14H,3-11H2,1-2H3,(H,15,17). The van der Waals surface area contributed by atoms with E-state index in [1.807, 2.05) is 6.92 Å². The fraction of sp³-hybridized carbons (Fsp3) is 0.923. The molecule has 118 valence electrons. The van der Waals surface area contributed by atoms with Crippen LogP contribution in [0.25, 0.3) is 0 Å². The lowest BCUT2D eigenvalue weighted by Gasteiger charge is -2.17. The third-order valence-corrected chi connectivity index (χ3v) is 5.05. The fourth-order valence-corrected chi connectivity index (χ4v) is 3.36. The summed E-state index contributed by atoms with van der Waals surface area (Å²) in [5.74, 6) is 0.695. The Morgan fingerprint density at radius 3 is 2.75 bits per heavy atom. The zero-order chi connectivity index (χ0) is 15.0. The van der Waals surface area contributed by atoms with Crippen molar-refractivity contribution in [1.82, 2.24) is 14.9 Å². The predicted molar refractivity (Wildman–Crippen MR) is 79.9 cm³/mol. The number of amides is 1. The number of carbonyl (C=O) groups is 1. The van der Waals surface area contributed by atoms with Gasteiger partial charge in [-0.2, -0.15) is 0 Å². The number of nitrogens with one attached hydrogen (secondary N) is 2. The lowest BCUT2D eigenvalue weighted by atomic mass is 10.0. The van der Waals surface area contributed by atoms with Crippen LogP contribution in [0.15, 0.2) is 0 Å². The van der Waals surface area contributed by atoms with Gasteiger partial charge in [-0.25, -0.2) is 12.7 Å². The summed E-state index contributed by atoms with van der Waals surface area (Å²) in [7, 11) is -3.12. The highest BCUT2D eigenvalue weighted by Gasteiger charge is 2.16. The molecule has 1 saturated heterocycles. The molecular formula is C13H27N3O3S. The maximum Gasteiger partial charge on any atom is 0.220 e. The molecule has 1 heterocycles. The van der Waals surface area contributed by atoms with Crippen molar-refractivity contribution in [2.75, 3.05) is 39.0 Å². The number of hydrogen-bond acceptors (Lipinski definition) is 4. The third-order valence-electron chi connectivity index (χ3n) is 3.67.